The summed E-state index contributed by atoms with van der Waals surface area (Å²) in [4.78, 5) is 24.0. The number of carbonyl (C=O) groups is 2. The van der Waals surface area contributed by atoms with E-state index in [1.165, 1.54) is 0 Å². The molecule has 2 aromatic rings. The highest BCUT2D eigenvalue weighted by atomic mass is 35.5. The highest BCUT2D eigenvalue weighted by Gasteiger charge is 2.19. The van der Waals surface area contributed by atoms with E-state index in [9.17, 15) is 14.7 Å². The lowest BCUT2D eigenvalue weighted by Gasteiger charge is -2.14. The van der Waals surface area contributed by atoms with E-state index in [-0.39, 0.29) is 6.54 Å². The van der Waals surface area contributed by atoms with Gasteiger partial charge >= 0.3 is 11.8 Å². The van der Waals surface area contributed by atoms with Crippen LogP contribution in [-0.2, 0) is 16.0 Å². The third-order valence-electron chi connectivity index (χ3n) is 4.28. The minimum Gasteiger partial charge on any atom is -0.493 e. The van der Waals surface area contributed by atoms with Gasteiger partial charge in [0.2, 0.25) is 0 Å². The zero-order valence-electron chi connectivity index (χ0n) is 14.2. The van der Waals surface area contributed by atoms with Crippen molar-refractivity contribution in [1.82, 2.24) is 5.32 Å². The molecule has 26 heavy (non-hydrogen) atoms. The van der Waals surface area contributed by atoms with Crippen LogP contribution in [0.25, 0.3) is 0 Å². The maximum absolute atomic E-state index is 12.0. The van der Waals surface area contributed by atoms with Gasteiger partial charge in [0, 0.05) is 23.7 Å². The standard InChI is InChI=1S/C19H19ClN2O4/c1-11-14(20)3-2-4-15(11)22-19(25)18(24)21-10-16(23)12-5-6-17-13(9-12)7-8-26-17/h2-6,9,16,23H,7-8,10H2,1H3,(H,21,24)(H,22,25). The maximum Gasteiger partial charge on any atom is 0.313 e. The van der Waals surface area contributed by atoms with Crippen molar-refractivity contribution >= 4 is 29.1 Å². The lowest BCUT2D eigenvalue weighted by Crippen LogP contribution is -2.37. The summed E-state index contributed by atoms with van der Waals surface area (Å²) in [6.07, 6.45) is -0.116. The molecule has 1 heterocycles. The zero-order chi connectivity index (χ0) is 18.7. The van der Waals surface area contributed by atoms with Crippen molar-refractivity contribution < 1.29 is 19.4 Å². The molecule has 3 rings (SSSR count). The molecule has 0 radical (unpaired) electrons. The van der Waals surface area contributed by atoms with Gasteiger partial charge in [0.15, 0.2) is 0 Å². The van der Waals surface area contributed by atoms with Gasteiger partial charge in [-0.2, -0.15) is 0 Å². The normalized spacial score (nSPS) is 13.5. The minimum absolute atomic E-state index is 0.0690. The number of hydrogen-bond donors (Lipinski definition) is 3. The summed E-state index contributed by atoms with van der Waals surface area (Å²) < 4.78 is 5.42. The van der Waals surface area contributed by atoms with Crippen LogP contribution < -0.4 is 15.4 Å². The van der Waals surface area contributed by atoms with Gasteiger partial charge in [0.05, 0.1) is 12.7 Å². The van der Waals surface area contributed by atoms with Crippen molar-refractivity contribution in [3.05, 3.63) is 58.1 Å². The van der Waals surface area contributed by atoms with Crippen molar-refractivity contribution in [3.63, 3.8) is 0 Å². The molecule has 1 unspecified atom stereocenters. The second kappa shape index (κ2) is 7.76. The number of aliphatic hydroxyl groups is 1. The number of rotatable bonds is 4. The molecule has 1 aliphatic heterocycles. The maximum atomic E-state index is 12.0. The summed E-state index contributed by atoms with van der Waals surface area (Å²) in [6, 6.07) is 10.4. The topological polar surface area (TPSA) is 87.7 Å². The fraction of sp³-hybridized carbons (Fsp3) is 0.263. The van der Waals surface area contributed by atoms with Gasteiger partial charge < -0.3 is 20.5 Å². The number of carbonyl (C=O) groups excluding carboxylic acids is 2. The van der Waals surface area contributed by atoms with Crippen molar-refractivity contribution in [2.75, 3.05) is 18.5 Å². The van der Waals surface area contributed by atoms with Crippen molar-refractivity contribution in [3.8, 4) is 5.75 Å². The Hall–Kier alpha value is -2.57. The molecular formula is C19H19ClN2O4. The van der Waals surface area contributed by atoms with Crippen molar-refractivity contribution in [2.24, 2.45) is 0 Å². The zero-order valence-corrected chi connectivity index (χ0v) is 15.0. The summed E-state index contributed by atoms with van der Waals surface area (Å²) in [5.41, 5.74) is 2.84. The highest BCUT2D eigenvalue weighted by Crippen LogP contribution is 2.28. The third kappa shape index (κ3) is 3.98. The van der Waals surface area contributed by atoms with E-state index in [0.717, 1.165) is 17.7 Å². The molecule has 136 valence electrons. The number of fused-ring (bicyclic) bond motifs is 1. The van der Waals surface area contributed by atoms with Gasteiger partial charge in [0.1, 0.15) is 5.75 Å². The number of amides is 2. The molecule has 0 aliphatic carbocycles. The molecule has 0 bridgehead atoms. The van der Waals surface area contributed by atoms with E-state index in [2.05, 4.69) is 10.6 Å². The summed E-state index contributed by atoms with van der Waals surface area (Å²) in [7, 11) is 0. The number of benzene rings is 2. The Morgan fingerprint density at radius 2 is 2.08 bits per heavy atom. The van der Waals surface area contributed by atoms with E-state index in [1.807, 2.05) is 6.07 Å². The molecular weight excluding hydrogens is 356 g/mol. The molecule has 1 atom stereocenters. The van der Waals surface area contributed by atoms with Gasteiger partial charge in [0.25, 0.3) is 0 Å². The summed E-state index contributed by atoms with van der Waals surface area (Å²) in [6.45, 7) is 2.31. The predicted molar refractivity (Wildman–Crippen MR) is 98.4 cm³/mol. The number of halogens is 1. The van der Waals surface area contributed by atoms with Gasteiger partial charge in [-0.1, -0.05) is 23.7 Å². The van der Waals surface area contributed by atoms with Crippen LogP contribution >= 0.6 is 11.6 Å². The lowest BCUT2D eigenvalue weighted by atomic mass is 10.0. The van der Waals surface area contributed by atoms with Crippen LogP contribution in [0, 0.1) is 6.92 Å². The summed E-state index contributed by atoms with van der Waals surface area (Å²) >= 11 is 5.99. The quantitative estimate of drug-likeness (QED) is 0.717. The average Bonchev–Trinajstić information content (AvgIpc) is 3.10. The summed E-state index contributed by atoms with van der Waals surface area (Å²) in [5, 5.41) is 15.7. The van der Waals surface area contributed by atoms with Crippen LogP contribution in [0.4, 0.5) is 5.69 Å². The van der Waals surface area contributed by atoms with Crippen LogP contribution in [0.2, 0.25) is 5.02 Å². The molecule has 0 saturated heterocycles. The van der Waals surface area contributed by atoms with Crippen LogP contribution in [0.1, 0.15) is 22.8 Å². The Morgan fingerprint density at radius 1 is 1.27 bits per heavy atom. The number of hydrogen-bond acceptors (Lipinski definition) is 4. The van der Waals surface area contributed by atoms with Crippen LogP contribution in [0.5, 0.6) is 5.75 Å². The number of aliphatic hydroxyl groups excluding tert-OH is 1. The number of ether oxygens (including phenoxy) is 1. The molecule has 0 saturated carbocycles. The smallest absolute Gasteiger partial charge is 0.313 e. The van der Waals surface area contributed by atoms with Gasteiger partial charge in [-0.05, 0) is 47.9 Å². The summed E-state index contributed by atoms with van der Waals surface area (Å²) in [5.74, 6) is -0.820. The molecule has 0 spiro atoms. The van der Waals surface area contributed by atoms with E-state index >= 15 is 0 Å². The molecule has 0 fully saturated rings. The van der Waals surface area contributed by atoms with E-state index < -0.39 is 17.9 Å². The Labute approximate surface area is 156 Å². The number of nitrogens with one attached hydrogen (secondary N) is 2. The Morgan fingerprint density at radius 3 is 2.88 bits per heavy atom. The Bertz CT molecular complexity index is 853. The number of anilines is 1. The van der Waals surface area contributed by atoms with Gasteiger partial charge in [-0.25, -0.2) is 0 Å². The highest BCUT2D eigenvalue weighted by molar-refractivity contribution is 6.40. The predicted octanol–water partition coefficient (Wildman–Crippen LogP) is 2.37. The van der Waals surface area contributed by atoms with Crippen LogP contribution in [0.3, 0.4) is 0 Å². The van der Waals surface area contributed by atoms with Crippen LogP contribution in [-0.4, -0.2) is 30.1 Å². The molecule has 7 heteroatoms. The fourth-order valence-electron chi connectivity index (χ4n) is 2.72. The van der Waals surface area contributed by atoms with Crippen molar-refractivity contribution in [2.45, 2.75) is 19.4 Å². The first-order valence-electron chi connectivity index (χ1n) is 8.23. The molecule has 6 nitrogen and oxygen atoms in total. The SMILES string of the molecule is Cc1c(Cl)cccc1NC(=O)C(=O)NCC(O)c1ccc2c(c1)CCO2. The monoisotopic (exact) mass is 374 g/mol. The van der Waals surface area contributed by atoms with E-state index in [0.29, 0.717) is 28.4 Å². The van der Waals surface area contributed by atoms with E-state index in [4.69, 9.17) is 16.3 Å². The molecule has 2 amide bonds. The second-order valence-corrected chi connectivity index (χ2v) is 6.47. The van der Waals surface area contributed by atoms with Crippen LogP contribution in [0.15, 0.2) is 36.4 Å². The van der Waals surface area contributed by atoms with E-state index in [1.54, 1.807) is 37.3 Å². The largest absolute Gasteiger partial charge is 0.493 e. The first kappa shape index (κ1) is 18.2. The molecule has 2 aromatic carbocycles. The molecule has 3 N–H and O–H groups in total. The lowest BCUT2D eigenvalue weighted by molar-refractivity contribution is -0.136. The van der Waals surface area contributed by atoms with Crippen molar-refractivity contribution in [1.29, 1.82) is 0 Å². The Balaban J connectivity index is 1.56. The average molecular weight is 375 g/mol. The van der Waals surface area contributed by atoms with Gasteiger partial charge in [-0.3, -0.25) is 9.59 Å². The second-order valence-electron chi connectivity index (χ2n) is 6.06. The Kier molecular flexibility index (Phi) is 5.44. The fourth-order valence-corrected chi connectivity index (χ4v) is 2.90. The first-order valence-corrected chi connectivity index (χ1v) is 8.61. The molecule has 0 aromatic heterocycles. The minimum atomic E-state index is -0.912. The third-order valence-corrected chi connectivity index (χ3v) is 4.69. The first-order chi connectivity index (χ1) is 12.5. The molecule has 1 aliphatic rings. The van der Waals surface area contributed by atoms with Gasteiger partial charge in [-0.15, -0.1) is 0 Å².